The molecule has 5 heteroatoms. The molecule has 1 atom stereocenters. The molecule has 2 heterocycles. The maximum Gasteiger partial charge on any atom is 0.240 e. The smallest absolute Gasteiger partial charge is 0.240 e. The van der Waals surface area contributed by atoms with Gasteiger partial charge in [0, 0.05) is 32.8 Å². The molecule has 1 aromatic carbocycles. The summed E-state index contributed by atoms with van der Waals surface area (Å²) < 4.78 is 5.32. The van der Waals surface area contributed by atoms with Crippen LogP contribution in [0.25, 0.3) is 0 Å². The number of amides is 1. The highest BCUT2D eigenvalue weighted by Crippen LogP contribution is 2.21. The maximum atomic E-state index is 12.5. The summed E-state index contributed by atoms with van der Waals surface area (Å²) in [6.45, 7) is 7.27. The summed E-state index contributed by atoms with van der Waals surface area (Å²) in [6.07, 6.45) is 3.78. The molecule has 3 rings (SSSR count). The number of benzene rings is 1. The topological polar surface area (TPSA) is 67.6 Å². The molecular formula is C20H31N3O2. The number of carbonyl (C=O) groups excluding carboxylic acids is 1. The lowest BCUT2D eigenvalue weighted by Crippen LogP contribution is -2.56. The van der Waals surface area contributed by atoms with Crippen molar-refractivity contribution in [1.82, 2.24) is 10.2 Å². The lowest BCUT2D eigenvalue weighted by Gasteiger charge is -2.32. The first-order valence-electron chi connectivity index (χ1n) is 9.51. The van der Waals surface area contributed by atoms with Gasteiger partial charge in [-0.05, 0) is 49.3 Å². The maximum absolute atomic E-state index is 12.5. The van der Waals surface area contributed by atoms with E-state index in [1.54, 1.807) is 0 Å². The number of carbonyl (C=O) groups is 1. The monoisotopic (exact) mass is 345 g/mol. The lowest BCUT2D eigenvalue weighted by atomic mass is 9.90. The molecule has 0 spiro atoms. The average Bonchev–Trinajstić information content (AvgIpc) is 2.61. The van der Waals surface area contributed by atoms with Gasteiger partial charge in [-0.3, -0.25) is 9.69 Å². The molecule has 1 aromatic rings. The Kier molecular flexibility index (Phi) is 6.10. The van der Waals surface area contributed by atoms with Crippen LogP contribution in [0.4, 0.5) is 0 Å². The molecule has 2 fully saturated rings. The second-order valence-electron chi connectivity index (χ2n) is 7.70. The molecule has 0 radical (unpaired) electrons. The first-order chi connectivity index (χ1) is 12.1. The Morgan fingerprint density at radius 3 is 2.76 bits per heavy atom. The average molecular weight is 345 g/mol. The van der Waals surface area contributed by atoms with Crippen molar-refractivity contribution in [1.29, 1.82) is 0 Å². The van der Waals surface area contributed by atoms with Gasteiger partial charge in [-0.15, -0.1) is 0 Å². The Morgan fingerprint density at radius 1 is 1.32 bits per heavy atom. The second-order valence-corrected chi connectivity index (χ2v) is 7.70. The fourth-order valence-electron chi connectivity index (χ4n) is 3.87. The van der Waals surface area contributed by atoms with Crippen molar-refractivity contribution in [3.8, 4) is 0 Å². The summed E-state index contributed by atoms with van der Waals surface area (Å²) in [7, 11) is 0. The molecule has 1 unspecified atom stereocenters. The van der Waals surface area contributed by atoms with Crippen LogP contribution in [0.5, 0.6) is 0 Å². The third-order valence-corrected chi connectivity index (χ3v) is 5.53. The standard InChI is InChI=1S/C20H31N3O2/c1-16-5-4-10-23(14-16)15-18-7-3-2-6-17(18)13-22-19(24)20(21)8-11-25-12-9-20/h2-3,6-7,16H,4-5,8-15,21H2,1H3,(H,22,24). The molecule has 5 nitrogen and oxygen atoms in total. The zero-order valence-electron chi connectivity index (χ0n) is 15.3. The van der Waals surface area contributed by atoms with Crippen molar-refractivity contribution < 1.29 is 9.53 Å². The van der Waals surface area contributed by atoms with Crippen LogP contribution < -0.4 is 11.1 Å². The van der Waals surface area contributed by atoms with Crippen LogP contribution in [0.2, 0.25) is 0 Å². The molecule has 1 amide bonds. The van der Waals surface area contributed by atoms with E-state index in [0.717, 1.165) is 25.6 Å². The van der Waals surface area contributed by atoms with Crippen LogP contribution in [0.1, 0.15) is 43.7 Å². The quantitative estimate of drug-likeness (QED) is 0.857. The zero-order chi connectivity index (χ0) is 17.7. The van der Waals surface area contributed by atoms with Gasteiger partial charge in [-0.1, -0.05) is 31.2 Å². The van der Waals surface area contributed by atoms with Crippen molar-refractivity contribution in [2.75, 3.05) is 26.3 Å². The van der Waals surface area contributed by atoms with Crippen LogP contribution in [0.15, 0.2) is 24.3 Å². The van der Waals surface area contributed by atoms with E-state index < -0.39 is 5.54 Å². The molecule has 0 aromatic heterocycles. The second kappa shape index (κ2) is 8.30. The van der Waals surface area contributed by atoms with Gasteiger partial charge >= 0.3 is 0 Å². The Hall–Kier alpha value is -1.43. The number of ether oxygens (including phenoxy) is 1. The Morgan fingerprint density at radius 2 is 2.04 bits per heavy atom. The summed E-state index contributed by atoms with van der Waals surface area (Å²) in [5.74, 6) is 0.712. The zero-order valence-corrected chi connectivity index (χ0v) is 15.3. The van der Waals surface area contributed by atoms with Crippen LogP contribution in [0, 0.1) is 5.92 Å². The predicted octanol–water partition coefficient (Wildman–Crippen LogP) is 2.04. The lowest BCUT2D eigenvalue weighted by molar-refractivity contribution is -0.129. The number of likely N-dealkylation sites (tertiary alicyclic amines) is 1. The minimum atomic E-state index is -0.782. The highest BCUT2D eigenvalue weighted by Gasteiger charge is 2.35. The number of nitrogens with one attached hydrogen (secondary N) is 1. The molecule has 0 bridgehead atoms. The van der Waals surface area contributed by atoms with E-state index in [-0.39, 0.29) is 5.91 Å². The van der Waals surface area contributed by atoms with Gasteiger partial charge in [0.25, 0.3) is 0 Å². The number of nitrogens with two attached hydrogens (primary N) is 1. The van der Waals surface area contributed by atoms with E-state index in [1.165, 1.54) is 24.0 Å². The summed E-state index contributed by atoms with van der Waals surface area (Å²) in [5.41, 5.74) is 7.97. The van der Waals surface area contributed by atoms with E-state index in [0.29, 0.717) is 32.6 Å². The molecule has 2 saturated heterocycles. The summed E-state index contributed by atoms with van der Waals surface area (Å²) >= 11 is 0. The number of hydrogen-bond donors (Lipinski definition) is 2. The molecule has 2 aliphatic heterocycles. The van der Waals surface area contributed by atoms with Crippen molar-refractivity contribution in [2.24, 2.45) is 11.7 Å². The number of hydrogen-bond acceptors (Lipinski definition) is 4. The molecule has 0 aliphatic carbocycles. The fourth-order valence-corrected chi connectivity index (χ4v) is 3.87. The minimum absolute atomic E-state index is 0.0582. The van der Waals surface area contributed by atoms with Crippen molar-refractivity contribution in [2.45, 2.75) is 51.2 Å². The van der Waals surface area contributed by atoms with Crippen molar-refractivity contribution >= 4 is 5.91 Å². The Bertz CT molecular complexity index is 584. The van der Waals surface area contributed by atoms with Gasteiger partial charge in [0.15, 0.2) is 0 Å². The van der Waals surface area contributed by atoms with Crippen molar-refractivity contribution in [3.05, 3.63) is 35.4 Å². The fraction of sp³-hybridized carbons (Fsp3) is 0.650. The molecule has 3 N–H and O–H groups in total. The molecule has 138 valence electrons. The normalized spacial score (nSPS) is 24.0. The summed E-state index contributed by atoms with van der Waals surface area (Å²) in [6, 6.07) is 8.40. The Balaban J connectivity index is 1.60. The van der Waals surface area contributed by atoms with Gasteiger partial charge < -0.3 is 15.8 Å². The molecule has 25 heavy (non-hydrogen) atoms. The first-order valence-corrected chi connectivity index (χ1v) is 9.51. The van der Waals surface area contributed by atoms with E-state index in [2.05, 4.69) is 35.3 Å². The van der Waals surface area contributed by atoms with E-state index >= 15 is 0 Å². The highest BCUT2D eigenvalue weighted by atomic mass is 16.5. The van der Waals surface area contributed by atoms with Crippen LogP contribution in [0.3, 0.4) is 0 Å². The van der Waals surface area contributed by atoms with Gasteiger partial charge in [0.2, 0.25) is 5.91 Å². The van der Waals surface area contributed by atoms with Crippen LogP contribution >= 0.6 is 0 Å². The van der Waals surface area contributed by atoms with Gasteiger partial charge in [0.05, 0.1) is 5.54 Å². The van der Waals surface area contributed by atoms with E-state index in [4.69, 9.17) is 10.5 Å². The minimum Gasteiger partial charge on any atom is -0.381 e. The molecule has 0 saturated carbocycles. The van der Waals surface area contributed by atoms with Crippen LogP contribution in [-0.2, 0) is 22.6 Å². The van der Waals surface area contributed by atoms with Gasteiger partial charge in [0.1, 0.15) is 0 Å². The third kappa shape index (κ3) is 4.81. The number of piperidine rings is 1. The number of rotatable bonds is 5. The summed E-state index contributed by atoms with van der Waals surface area (Å²) in [5, 5.41) is 3.06. The SMILES string of the molecule is CC1CCCN(Cc2ccccc2CNC(=O)C2(N)CCOCC2)C1. The van der Waals surface area contributed by atoms with Crippen LogP contribution in [-0.4, -0.2) is 42.6 Å². The molecular weight excluding hydrogens is 314 g/mol. The van der Waals surface area contributed by atoms with Crippen molar-refractivity contribution in [3.63, 3.8) is 0 Å². The first kappa shape index (κ1) is 18.4. The largest absolute Gasteiger partial charge is 0.381 e. The Labute approximate surface area is 150 Å². The van der Waals surface area contributed by atoms with Gasteiger partial charge in [-0.25, -0.2) is 0 Å². The molecule has 2 aliphatic rings. The third-order valence-electron chi connectivity index (χ3n) is 5.53. The predicted molar refractivity (Wildman–Crippen MR) is 98.9 cm³/mol. The summed E-state index contributed by atoms with van der Waals surface area (Å²) in [4.78, 5) is 15.1. The highest BCUT2D eigenvalue weighted by molar-refractivity contribution is 5.86. The van der Waals surface area contributed by atoms with Gasteiger partial charge in [-0.2, -0.15) is 0 Å². The number of nitrogens with zero attached hydrogens (tertiary/aromatic N) is 1. The van der Waals surface area contributed by atoms with E-state index in [1.807, 2.05) is 6.07 Å². The van der Waals surface area contributed by atoms with E-state index in [9.17, 15) is 4.79 Å².